The van der Waals surface area contributed by atoms with Crippen LogP contribution in [0.2, 0.25) is 0 Å². The zero-order valence-electron chi connectivity index (χ0n) is 13.5. The number of nitrogens with one attached hydrogen (secondary N) is 1. The summed E-state index contributed by atoms with van der Waals surface area (Å²) >= 11 is 0. The molecule has 0 aliphatic carbocycles. The van der Waals surface area contributed by atoms with Gasteiger partial charge in [-0.25, -0.2) is 0 Å². The lowest BCUT2D eigenvalue weighted by Gasteiger charge is -2.15. The summed E-state index contributed by atoms with van der Waals surface area (Å²) in [6, 6.07) is 12.0. The maximum absolute atomic E-state index is 5.42. The molecule has 0 atom stereocenters. The summed E-state index contributed by atoms with van der Waals surface area (Å²) in [4.78, 5) is 3.27. The minimum Gasteiger partial charge on any atom is -0.493 e. The number of benzene rings is 2. The van der Waals surface area contributed by atoms with Crippen LogP contribution in [0.5, 0.6) is 17.2 Å². The SMILES string of the molecule is C=C(c1cc(OC)c(OC)c(OC)c1)c1c[nH]c2ccccc12. The van der Waals surface area contributed by atoms with E-state index in [-0.39, 0.29) is 0 Å². The van der Waals surface area contributed by atoms with Crippen molar-refractivity contribution in [1.82, 2.24) is 4.98 Å². The van der Waals surface area contributed by atoms with Gasteiger partial charge in [0.05, 0.1) is 21.3 Å². The summed E-state index contributed by atoms with van der Waals surface area (Å²) in [7, 11) is 4.81. The molecule has 0 aliphatic heterocycles. The molecular formula is C19H19NO3. The normalized spacial score (nSPS) is 10.6. The van der Waals surface area contributed by atoms with Crippen LogP contribution in [0.15, 0.2) is 49.2 Å². The second-order valence-corrected chi connectivity index (χ2v) is 5.14. The Balaban J connectivity index is 2.12. The number of H-pyrrole nitrogens is 1. The summed E-state index contributed by atoms with van der Waals surface area (Å²) in [5.74, 6) is 1.80. The van der Waals surface area contributed by atoms with Crippen molar-refractivity contribution >= 4 is 16.5 Å². The van der Waals surface area contributed by atoms with Gasteiger partial charge < -0.3 is 19.2 Å². The average molecular weight is 309 g/mol. The molecule has 3 aromatic rings. The fourth-order valence-corrected chi connectivity index (χ4v) is 2.73. The second kappa shape index (κ2) is 6.08. The van der Waals surface area contributed by atoms with E-state index in [0.29, 0.717) is 17.2 Å². The standard InChI is InChI=1S/C19H19NO3/c1-12(15-11-20-16-8-6-5-7-14(15)16)13-9-17(21-2)19(23-4)18(10-13)22-3/h5-11,20H,1H2,2-4H3. The van der Waals surface area contributed by atoms with E-state index in [0.717, 1.165) is 27.6 Å². The molecule has 0 bridgehead atoms. The largest absolute Gasteiger partial charge is 0.493 e. The lowest BCUT2D eigenvalue weighted by Crippen LogP contribution is -1.97. The third kappa shape index (κ3) is 2.52. The summed E-state index contributed by atoms with van der Waals surface area (Å²) in [5.41, 5.74) is 3.94. The van der Waals surface area contributed by atoms with Crippen molar-refractivity contribution in [2.75, 3.05) is 21.3 Å². The Morgan fingerprint density at radius 3 is 2.22 bits per heavy atom. The van der Waals surface area contributed by atoms with E-state index in [1.165, 1.54) is 0 Å². The first-order valence-electron chi connectivity index (χ1n) is 7.25. The molecule has 0 unspecified atom stereocenters. The summed E-state index contributed by atoms with van der Waals surface area (Å²) < 4.78 is 16.2. The predicted molar refractivity (Wildman–Crippen MR) is 92.5 cm³/mol. The van der Waals surface area contributed by atoms with Gasteiger partial charge in [-0.3, -0.25) is 0 Å². The van der Waals surface area contributed by atoms with Gasteiger partial charge >= 0.3 is 0 Å². The minimum atomic E-state index is 0.575. The molecule has 0 fully saturated rings. The molecular weight excluding hydrogens is 290 g/mol. The average Bonchev–Trinajstić information content (AvgIpc) is 3.03. The van der Waals surface area contributed by atoms with Crippen molar-refractivity contribution in [3.8, 4) is 17.2 Å². The van der Waals surface area contributed by atoms with Crippen molar-refractivity contribution < 1.29 is 14.2 Å². The molecule has 4 nitrogen and oxygen atoms in total. The number of para-hydroxylation sites is 1. The highest BCUT2D eigenvalue weighted by Gasteiger charge is 2.16. The molecule has 0 saturated carbocycles. The van der Waals surface area contributed by atoms with E-state index in [4.69, 9.17) is 14.2 Å². The topological polar surface area (TPSA) is 43.5 Å². The van der Waals surface area contributed by atoms with Crippen LogP contribution >= 0.6 is 0 Å². The summed E-state index contributed by atoms with van der Waals surface area (Å²) in [5, 5.41) is 1.13. The van der Waals surface area contributed by atoms with E-state index in [9.17, 15) is 0 Å². The molecule has 118 valence electrons. The van der Waals surface area contributed by atoms with Gasteiger partial charge in [0.25, 0.3) is 0 Å². The van der Waals surface area contributed by atoms with Gasteiger partial charge in [-0.2, -0.15) is 0 Å². The van der Waals surface area contributed by atoms with E-state index >= 15 is 0 Å². The van der Waals surface area contributed by atoms with Crippen LogP contribution in [-0.4, -0.2) is 26.3 Å². The first-order chi connectivity index (χ1) is 11.2. The van der Waals surface area contributed by atoms with Gasteiger partial charge in [-0.1, -0.05) is 24.8 Å². The van der Waals surface area contributed by atoms with Crippen LogP contribution in [0.25, 0.3) is 16.5 Å². The summed E-state index contributed by atoms with van der Waals surface area (Å²) in [6.45, 7) is 4.25. The number of fused-ring (bicyclic) bond motifs is 1. The zero-order chi connectivity index (χ0) is 16.4. The number of hydrogen-bond donors (Lipinski definition) is 1. The first kappa shape index (κ1) is 15.0. The highest BCUT2D eigenvalue weighted by molar-refractivity contribution is 5.96. The molecule has 0 spiro atoms. The van der Waals surface area contributed by atoms with Crippen LogP contribution < -0.4 is 14.2 Å². The molecule has 1 N–H and O–H groups in total. The van der Waals surface area contributed by atoms with Crippen LogP contribution in [0.4, 0.5) is 0 Å². The van der Waals surface area contributed by atoms with E-state index in [1.807, 2.05) is 36.5 Å². The summed E-state index contributed by atoms with van der Waals surface area (Å²) in [6.07, 6.45) is 1.97. The Bertz CT molecular complexity index is 839. The first-order valence-corrected chi connectivity index (χ1v) is 7.25. The number of methoxy groups -OCH3 is 3. The van der Waals surface area contributed by atoms with Crippen molar-refractivity contribution in [3.63, 3.8) is 0 Å². The maximum atomic E-state index is 5.42. The molecule has 0 aliphatic rings. The Morgan fingerprint density at radius 2 is 1.61 bits per heavy atom. The fraction of sp³-hybridized carbons (Fsp3) is 0.158. The van der Waals surface area contributed by atoms with Gasteiger partial charge in [-0.05, 0) is 29.3 Å². The number of aromatic amines is 1. The maximum Gasteiger partial charge on any atom is 0.203 e. The molecule has 1 aromatic heterocycles. The second-order valence-electron chi connectivity index (χ2n) is 5.14. The van der Waals surface area contributed by atoms with Crippen LogP contribution in [0, 0.1) is 0 Å². The highest BCUT2D eigenvalue weighted by Crippen LogP contribution is 2.41. The molecule has 0 saturated heterocycles. The van der Waals surface area contributed by atoms with Crippen molar-refractivity contribution in [3.05, 3.63) is 60.3 Å². The number of aromatic nitrogens is 1. The molecule has 23 heavy (non-hydrogen) atoms. The van der Waals surface area contributed by atoms with Crippen LogP contribution in [-0.2, 0) is 0 Å². The lowest BCUT2D eigenvalue weighted by atomic mass is 9.98. The monoisotopic (exact) mass is 309 g/mol. The molecule has 3 rings (SSSR count). The van der Waals surface area contributed by atoms with Gasteiger partial charge in [0.15, 0.2) is 11.5 Å². The Labute approximate surface area is 135 Å². The quantitative estimate of drug-likeness (QED) is 0.766. The fourth-order valence-electron chi connectivity index (χ4n) is 2.73. The van der Waals surface area contributed by atoms with E-state index in [1.54, 1.807) is 21.3 Å². The van der Waals surface area contributed by atoms with Crippen molar-refractivity contribution in [2.45, 2.75) is 0 Å². The number of rotatable bonds is 5. The van der Waals surface area contributed by atoms with Crippen molar-refractivity contribution in [1.29, 1.82) is 0 Å². The minimum absolute atomic E-state index is 0.575. The van der Waals surface area contributed by atoms with Gasteiger partial charge in [-0.15, -0.1) is 0 Å². The molecule has 2 aromatic carbocycles. The van der Waals surface area contributed by atoms with E-state index < -0.39 is 0 Å². The predicted octanol–water partition coefficient (Wildman–Crippen LogP) is 4.26. The van der Waals surface area contributed by atoms with E-state index in [2.05, 4.69) is 17.6 Å². The number of hydrogen-bond acceptors (Lipinski definition) is 3. The molecule has 4 heteroatoms. The molecule has 1 heterocycles. The van der Waals surface area contributed by atoms with Crippen LogP contribution in [0.3, 0.4) is 0 Å². The smallest absolute Gasteiger partial charge is 0.203 e. The highest BCUT2D eigenvalue weighted by atomic mass is 16.5. The van der Waals surface area contributed by atoms with Crippen LogP contribution in [0.1, 0.15) is 11.1 Å². The molecule has 0 amide bonds. The third-order valence-corrected chi connectivity index (χ3v) is 3.93. The van der Waals surface area contributed by atoms with Gasteiger partial charge in [0.2, 0.25) is 5.75 Å². The third-order valence-electron chi connectivity index (χ3n) is 3.93. The van der Waals surface area contributed by atoms with Gasteiger partial charge in [0.1, 0.15) is 0 Å². The Hall–Kier alpha value is -2.88. The van der Waals surface area contributed by atoms with Crippen molar-refractivity contribution in [2.24, 2.45) is 0 Å². The lowest BCUT2D eigenvalue weighted by molar-refractivity contribution is 0.324. The van der Waals surface area contributed by atoms with Gasteiger partial charge in [0, 0.05) is 22.7 Å². The molecule has 0 radical (unpaired) electrons. The zero-order valence-corrected chi connectivity index (χ0v) is 13.5. The Morgan fingerprint density at radius 1 is 0.957 bits per heavy atom. The Kier molecular flexibility index (Phi) is 3.98. The number of ether oxygens (including phenoxy) is 3.